The fourth-order valence-corrected chi connectivity index (χ4v) is 7.62. The van der Waals surface area contributed by atoms with Crippen LogP contribution in [0.1, 0.15) is 0 Å². The minimum atomic E-state index is -0.0256. The summed E-state index contributed by atoms with van der Waals surface area (Å²) in [5, 5.41) is 7.58. The van der Waals surface area contributed by atoms with Gasteiger partial charge in [0.2, 0.25) is 0 Å². The zero-order valence-corrected chi connectivity index (χ0v) is 25.3. The maximum Gasteiger partial charge on any atom is 0.263 e. The van der Waals surface area contributed by atoms with Crippen LogP contribution in [0.3, 0.4) is 0 Å². The highest BCUT2D eigenvalue weighted by molar-refractivity contribution is 6.11. The number of aromatic nitrogens is 3. The van der Waals surface area contributed by atoms with E-state index in [1.54, 1.807) is 0 Å². The summed E-state index contributed by atoms with van der Waals surface area (Å²) in [6.45, 7) is 0. The number of benzene rings is 7. The van der Waals surface area contributed by atoms with Crippen LogP contribution < -0.4 is 5.56 Å². The van der Waals surface area contributed by atoms with Gasteiger partial charge in [0, 0.05) is 49.4 Å². The molecular weight excluding hydrogens is 574 g/mol. The standard InChI is InChI=1S/C43H27N3O/c47-43-36-16-2-1-11-31(36)37-27-30(45-40-19-9-5-14-34(40)35-15-6-10-20-41(35)45)25-26-42(37)46(43)29-23-21-28(22-24-29)44-38-17-7-3-12-32(38)33-13-4-8-18-39(33)44/h1-27H. The second-order valence-corrected chi connectivity index (χ2v) is 12.1. The Morgan fingerprint density at radius 2 is 0.617 bits per heavy atom. The monoisotopic (exact) mass is 601 g/mol. The Balaban J connectivity index is 1.20. The van der Waals surface area contributed by atoms with Gasteiger partial charge in [-0.2, -0.15) is 0 Å². The number of para-hydroxylation sites is 4. The highest BCUT2D eigenvalue weighted by atomic mass is 16.1. The molecule has 0 aliphatic rings. The van der Waals surface area contributed by atoms with E-state index in [-0.39, 0.29) is 5.56 Å². The first-order valence-electron chi connectivity index (χ1n) is 15.9. The molecule has 0 atom stereocenters. The molecule has 0 saturated heterocycles. The smallest absolute Gasteiger partial charge is 0.263 e. The Hall–Kier alpha value is -6.39. The van der Waals surface area contributed by atoms with Crippen LogP contribution >= 0.6 is 0 Å². The molecule has 0 aliphatic carbocycles. The van der Waals surface area contributed by atoms with Crippen LogP contribution in [-0.2, 0) is 0 Å². The molecular formula is C43H27N3O. The highest BCUT2D eigenvalue weighted by Crippen LogP contribution is 2.35. The van der Waals surface area contributed by atoms with Gasteiger partial charge in [-0.1, -0.05) is 91.0 Å². The molecule has 3 aromatic heterocycles. The molecule has 3 heterocycles. The molecule has 0 fully saturated rings. The molecule has 4 nitrogen and oxygen atoms in total. The molecule has 0 spiro atoms. The van der Waals surface area contributed by atoms with E-state index >= 15 is 0 Å². The van der Waals surface area contributed by atoms with Crippen molar-refractivity contribution in [2.45, 2.75) is 0 Å². The zero-order valence-electron chi connectivity index (χ0n) is 25.3. The molecule has 47 heavy (non-hydrogen) atoms. The van der Waals surface area contributed by atoms with Crippen LogP contribution in [0, 0.1) is 0 Å². The van der Waals surface area contributed by atoms with Gasteiger partial charge in [-0.15, -0.1) is 0 Å². The zero-order chi connectivity index (χ0) is 31.1. The summed E-state index contributed by atoms with van der Waals surface area (Å²) in [7, 11) is 0. The molecule has 7 aromatic carbocycles. The largest absolute Gasteiger partial charge is 0.309 e. The average Bonchev–Trinajstić information content (AvgIpc) is 3.65. The summed E-state index contributed by atoms with van der Waals surface area (Å²) in [6.07, 6.45) is 0. The van der Waals surface area contributed by atoms with Gasteiger partial charge in [-0.25, -0.2) is 0 Å². The molecule has 0 N–H and O–H groups in total. The van der Waals surface area contributed by atoms with Crippen LogP contribution in [-0.4, -0.2) is 13.7 Å². The van der Waals surface area contributed by atoms with Crippen LogP contribution in [0.2, 0.25) is 0 Å². The van der Waals surface area contributed by atoms with Crippen molar-refractivity contribution in [3.8, 4) is 17.1 Å². The van der Waals surface area contributed by atoms with Gasteiger partial charge in [0.05, 0.1) is 27.6 Å². The van der Waals surface area contributed by atoms with E-state index in [0.29, 0.717) is 5.39 Å². The summed E-state index contributed by atoms with van der Waals surface area (Å²) >= 11 is 0. The fourth-order valence-electron chi connectivity index (χ4n) is 7.62. The highest BCUT2D eigenvalue weighted by Gasteiger charge is 2.17. The normalized spacial score (nSPS) is 11.9. The van der Waals surface area contributed by atoms with E-state index in [1.807, 2.05) is 22.8 Å². The SMILES string of the molecule is O=c1c2ccccc2c2cc(-n3c4ccccc4c4ccccc43)ccc2n1-c1ccc(-n2c3ccccc3c3ccccc32)cc1. The van der Waals surface area contributed by atoms with Crippen LogP contribution in [0.5, 0.6) is 0 Å². The molecule has 4 heteroatoms. The summed E-state index contributed by atoms with van der Waals surface area (Å²) in [5.41, 5.74) is 8.44. The maximum atomic E-state index is 14.2. The molecule has 0 amide bonds. The van der Waals surface area contributed by atoms with Crippen molar-refractivity contribution in [1.29, 1.82) is 0 Å². The van der Waals surface area contributed by atoms with Gasteiger partial charge in [-0.05, 0) is 78.2 Å². The lowest BCUT2D eigenvalue weighted by atomic mass is 10.0. The second kappa shape index (κ2) is 9.80. The molecule has 0 bridgehead atoms. The topological polar surface area (TPSA) is 31.9 Å². The average molecular weight is 602 g/mol. The quantitative estimate of drug-likeness (QED) is 0.185. The van der Waals surface area contributed by atoms with E-state index in [1.165, 1.54) is 21.5 Å². The number of hydrogen-bond donors (Lipinski definition) is 0. The van der Waals surface area contributed by atoms with E-state index in [9.17, 15) is 4.79 Å². The lowest BCUT2D eigenvalue weighted by Crippen LogP contribution is -2.19. The Morgan fingerprint density at radius 1 is 0.277 bits per heavy atom. The molecule has 220 valence electrons. The van der Waals surface area contributed by atoms with Crippen molar-refractivity contribution in [1.82, 2.24) is 13.7 Å². The predicted molar refractivity (Wildman–Crippen MR) is 196 cm³/mol. The summed E-state index contributed by atoms with van der Waals surface area (Å²) in [4.78, 5) is 14.2. The molecule has 0 aliphatic heterocycles. The van der Waals surface area contributed by atoms with E-state index in [0.717, 1.165) is 55.4 Å². The molecule has 0 saturated carbocycles. The van der Waals surface area contributed by atoms with Crippen molar-refractivity contribution in [3.63, 3.8) is 0 Å². The first-order valence-corrected chi connectivity index (χ1v) is 15.9. The number of rotatable bonds is 3. The summed E-state index contributed by atoms with van der Waals surface area (Å²) in [6, 6.07) is 56.9. The van der Waals surface area contributed by atoms with Gasteiger partial charge in [0.15, 0.2) is 0 Å². The minimum Gasteiger partial charge on any atom is -0.309 e. The third-order valence-electron chi connectivity index (χ3n) is 9.66. The number of nitrogens with zero attached hydrogens (tertiary/aromatic N) is 3. The first kappa shape index (κ1) is 25.9. The van der Waals surface area contributed by atoms with E-state index in [2.05, 4.69) is 155 Å². The van der Waals surface area contributed by atoms with Crippen molar-refractivity contribution < 1.29 is 0 Å². The fraction of sp³-hybridized carbons (Fsp3) is 0. The van der Waals surface area contributed by atoms with Crippen molar-refractivity contribution in [3.05, 3.63) is 174 Å². The van der Waals surface area contributed by atoms with Crippen molar-refractivity contribution >= 4 is 65.3 Å². The van der Waals surface area contributed by atoms with Crippen molar-refractivity contribution in [2.24, 2.45) is 0 Å². The van der Waals surface area contributed by atoms with Crippen LogP contribution in [0.15, 0.2) is 169 Å². The number of fused-ring (bicyclic) bond motifs is 9. The Kier molecular flexibility index (Phi) is 5.40. The minimum absolute atomic E-state index is 0.0256. The van der Waals surface area contributed by atoms with Gasteiger partial charge in [0.25, 0.3) is 5.56 Å². The first-order chi connectivity index (χ1) is 23.3. The number of hydrogen-bond acceptors (Lipinski definition) is 1. The van der Waals surface area contributed by atoms with Gasteiger partial charge in [0.1, 0.15) is 0 Å². The molecule has 0 radical (unpaired) electrons. The van der Waals surface area contributed by atoms with Gasteiger partial charge >= 0.3 is 0 Å². The maximum absolute atomic E-state index is 14.2. The lowest BCUT2D eigenvalue weighted by Gasteiger charge is -2.16. The number of pyridine rings is 1. The van der Waals surface area contributed by atoms with Gasteiger partial charge in [-0.3, -0.25) is 9.36 Å². The van der Waals surface area contributed by atoms with Crippen LogP contribution in [0.25, 0.3) is 82.3 Å². The Labute approximate surface area is 269 Å². The molecule has 10 rings (SSSR count). The third kappa shape index (κ3) is 3.67. The predicted octanol–water partition coefficient (Wildman–Crippen LogP) is 10.3. The third-order valence-corrected chi connectivity index (χ3v) is 9.66. The lowest BCUT2D eigenvalue weighted by molar-refractivity contribution is 1.05. The molecule has 0 unspecified atom stereocenters. The summed E-state index contributed by atoms with van der Waals surface area (Å²) in [5.74, 6) is 0. The van der Waals surface area contributed by atoms with Crippen LogP contribution in [0.4, 0.5) is 0 Å². The van der Waals surface area contributed by atoms with Gasteiger partial charge < -0.3 is 9.13 Å². The van der Waals surface area contributed by atoms with Crippen molar-refractivity contribution in [2.75, 3.05) is 0 Å². The molecule has 10 aromatic rings. The Morgan fingerprint density at radius 3 is 1.11 bits per heavy atom. The Bertz CT molecular complexity index is 2820. The summed E-state index contributed by atoms with van der Waals surface area (Å²) < 4.78 is 6.49. The second-order valence-electron chi connectivity index (χ2n) is 12.1. The van der Waals surface area contributed by atoms with E-state index < -0.39 is 0 Å². The van der Waals surface area contributed by atoms with E-state index in [4.69, 9.17) is 0 Å².